The molecule has 8 nitrogen and oxygen atoms in total. The molecule has 2 saturated heterocycles. The Kier molecular flexibility index (Phi) is 5.36. The highest BCUT2D eigenvalue weighted by molar-refractivity contribution is 5.93. The van der Waals surface area contributed by atoms with Crippen LogP contribution in [0.15, 0.2) is 24.5 Å². The van der Waals surface area contributed by atoms with Gasteiger partial charge in [0.05, 0.1) is 0 Å². The van der Waals surface area contributed by atoms with Crippen molar-refractivity contribution in [3.8, 4) is 0 Å². The van der Waals surface area contributed by atoms with Gasteiger partial charge in [-0.2, -0.15) is 0 Å². The van der Waals surface area contributed by atoms with Crippen LogP contribution in [0.1, 0.15) is 36.1 Å². The standard InChI is InChI=1S/C20H27N7O/c1-15-4-8-25(9-5-15)18-14-17(23-16(2)24-18)19(28)26-10-12-27(13-11-26)20-21-6-3-7-22-20/h3,6-7,14-15H,4-5,8-13H2,1-2H3. The molecule has 0 spiro atoms. The first-order valence-corrected chi connectivity index (χ1v) is 10.0. The largest absolute Gasteiger partial charge is 0.356 e. The lowest BCUT2D eigenvalue weighted by Gasteiger charge is -2.35. The van der Waals surface area contributed by atoms with E-state index in [1.54, 1.807) is 18.5 Å². The van der Waals surface area contributed by atoms with Gasteiger partial charge >= 0.3 is 0 Å². The number of carbonyl (C=O) groups is 1. The Morgan fingerprint density at radius 2 is 1.64 bits per heavy atom. The first-order chi connectivity index (χ1) is 13.6. The first-order valence-electron chi connectivity index (χ1n) is 10.0. The van der Waals surface area contributed by atoms with Gasteiger partial charge in [0.2, 0.25) is 5.95 Å². The van der Waals surface area contributed by atoms with E-state index in [9.17, 15) is 4.79 Å². The summed E-state index contributed by atoms with van der Waals surface area (Å²) in [6.45, 7) is 8.83. The van der Waals surface area contributed by atoms with Gasteiger partial charge in [-0.15, -0.1) is 0 Å². The number of anilines is 2. The molecule has 0 bridgehead atoms. The van der Waals surface area contributed by atoms with Crippen LogP contribution < -0.4 is 9.80 Å². The van der Waals surface area contributed by atoms with Gasteiger partial charge in [-0.3, -0.25) is 4.79 Å². The summed E-state index contributed by atoms with van der Waals surface area (Å²) < 4.78 is 0. The molecule has 0 saturated carbocycles. The van der Waals surface area contributed by atoms with E-state index in [2.05, 4.69) is 36.7 Å². The van der Waals surface area contributed by atoms with Gasteiger partial charge in [0.1, 0.15) is 17.3 Å². The highest BCUT2D eigenvalue weighted by Crippen LogP contribution is 2.22. The second kappa shape index (κ2) is 8.08. The van der Waals surface area contributed by atoms with Gasteiger partial charge in [-0.1, -0.05) is 6.92 Å². The van der Waals surface area contributed by atoms with Crippen LogP contribution in [0.3, 0.4) is 0 Å². The number of rotatable bonds is 3. The highest BCUT2D eigenvalue weighted by atomic mass is 16.2. The Hall–Kier alpha value is -2.77. The molecule has 4 rings (SSSR count). The molecule has 2 aromatic heterocycles. The molecule has 2 aliphatic heterocycles. The Bertz CT molecular complexity index is 813. The van der Waals surface area contributed by atoms with Crippen LogP contribution in [0.2, 0.25) is 0 Å². The molecular weight excluding hydrogens is 354 g/mol. The number of hydrogen-bond donors (Lipinski definition) is 0. The lowest BCUT2D eigenvalue weighted by Crippen LogP contribution is -2.49. The fraction of sp³-hybridized carbons (Fsp3) is 0.550. The van der Waals surface area contributed by atoms with E-state index in [-0.39, 0.29) is 5.91 Å². The Balaban J connectivity index is 1.43. The molecule has 0 aliphatic carbocycles. The van der Waals surface area contributed by atoms with Gasteiger partial charge in [0.15, 0.2) is 0 Å². The highest BCUT2D eigenvalue weighted by Gasteiger charge is 2.26. The van der Waals surface area contributed by atoms with Crippen LogP contribution in [0.5, 0.6) is 0 Å². The third-order valence-corrected chi connectivity index (χ3v) is 5.55. The van der Waals surface area contributed by atoms with Crippen molar-refractivity contribution in [3.63, 3.8) is 0 Å². The number of aromatic nitrogens is 4. The minimum absolute atomic E-state index is 0.0224. The maximum Gasteiger partial charge on any atom is 0.272 e. The average Bonchev–Trinajstić information content (AvgIpc) is 2.74. The number of piperazine rings is 1. The molecule has 1 amide bonds. The smallest absolute Gasteiger partial charge is 0.272 e. The van der Waals surface area contributed by atoms with Crippen molar-refractivity contribution in [1.29, 1.82) is 0 Å². The van der Waals surface area contributed by atoms with Crippen LogP contribution in [-0.2, 0) is 0 Å². The fourth-order valence-electron chi connectivity index (χ4n) is 3.79. The average molecular weight is 381 g/mol. The molecule has 28 heavy (non-hydrogen) atoms. The number of aryl methyl sites for hydroxylation is 1. The summed E-state index contributed by atoms with van der Waals surface area (Å²) in [5.74, 6) is 2.97. The number of nitrogens with zero attached hydrogens (tertiary/aromatic N) is 7. The van der Waals surface area contributed by atoms with Crippen molar-refractivity contribution >= 4 is 17.7 Å². The zero-order chi connectivity index (χ0) is 19.5. The third kappa shape index (κ3) is 4.05. The van der Waals surface area contributed by atoms with E-state index in [1.807, 2.05) is 17.9 Å². The lowest BCUT2D eigenvalue weighted by molar-refractivity contribution is 0.0740. The molecule has 0 atom stereocenters. The maximum atomic E-state index is 13.0. The molecule has 0 aromatic carbocycles. The number of piperidine rings is 1. The Morgan fingerprint density at radius 1 is 0.964 bits per heavy atom. The predicted molar refractivity (Wildman–Crippen MR) is 108 cm³/mol. The molecule has 148 valence electrons. The second-order valence-corrected chi connectivity index (χ2v) is 7.66. The van der Waals surface area contributed by atoms with Gasteiger partial charge < -0.3 is 14.7 Å². The van der Waals surface area contributed by atoms with Crippen LogP contribution in [0.25, 0.3) is 0 Å². The van der Waals surface area contributed by atoms with Crippen LogP contribution in [0, 0.1) is 12.8 Å². The summed E-state index contributed by atoms with van der Waals surface area (Å²) in [5, 5.41) is 0. The molecule has 0 N–H and O–H groups in total. The normalized spacial score (nSPS) is 18.4. The number of carbonyl (C=O) groups excluding carboxylic acids is 1. The maximum absolute atomic E-state index is 13.0. The molecule has 0 unspecified atom stereocenters. The van der Waals surface area contributed by atoms with Crippen molar-refractivity contribution in [1.82, 2.24) is 24.8 Å². The molecular formula is C20H27N7O. The summed E-state index contributed by atoms with van der Waals surface area (Å²) in [4.78, 5) is 36.9. The van der Waals surface area contributed by atoms with Crippen LogP contribution >= 0.6 is 0 Å². The minimum atomic E-state index is -0.0224. The predicted octanol–water partition coefficient (Wildman–Crippen LogP) is 1.77. The molecule has 8 heteroatoms. The zero-order valence-corrected chi connectivity index (χ0v) is 16.6. The van der Waals surface area contributed by atoms with Crippen molar-refractivity contribution < 1.29 is 4.79 Å². The summed E-state index contributed by atoms with van der Waals surface area (Å²) in [6, 6.07) is 3.67. The van der Waals surface area contributed by atoms with E-state index >= 15 is 0 Å². The van der Waals surface area contributed by atoms with Crippen LogP contribution in [0.4, 0.5) is 11.8 Å². The Labute approximate surface area is 165 Å². The summed E-state index contributed by atoms with van der Waals surface area (Å²) in [6.07, 6.45) is 5.81. The van der Waals surface area contributed by atoms with Crippen molar-refractivity contribution in [2.45, 2.75) is 26.7 Å². The summed E-state index contributed by atoms with van der Waals surface area (Å²) >= 11 is 0. The second-order valence-electron chi connectivity index (χ2n) is 7.66. The number of amides is 1. The molecule has 4 heterocycles. The van der Waals surface area contributed by atoms with Gasteiger partial charge in [-0.05, 0) is 31.7 Å². The lowest BCUT2D eigenvalue weighted by atomic mass is 9.99. The molecule has 2 aliphatic rings. The van der Waals surface area contributed by atoms with E-state index < -0.39 is 0 Å². The quantitative estimate of drug-likeness (QED) is 0.802. The van der Waals surface area contributed by atoms with Crippen molar-refractivity contribution in [2.24, 2.45) is 5.92 Å². The number of hydrogen-bond acceptors (Lipinski definition) is 7. The van der Waals surface area contributed by atoms with Gasteiger partial charge in [0, 0.05) is 57.7 Å². The topological polar surface area (TPSA) is 78.4 Å². The zero-order valence-electron chi connectivity index (χ0n) is 16.6. The van der Waals surface area contributed by atoms with Gasteiger partial charge in [0.25, 0.3) is 5.91 Å². The van der Waals surface area contributed by atoms with E-state index in [0.717, 1.165) is 50.8 Å². The van der Waals surface area contributed by atoms with Gasteiger partial charge in [-0.25, -0.2) is 19.9 Å². The van der Waals surface area contributed by atoms with Crippen LogP contribution in [-0.4, -0.2) is 70.0 Å². The first kappa shape index (κ1) is 18.6. The Morgan fingerprint density at radius 3 is 2.32 bits per heavy atom. The molecule has 0 radical (unpaired) electrons. The van der Waals surface area contributed by atoms with E-state index in [1.165, 1.54) is 0 Å². The SMILES string of the molecule is Cc1nc(C(=O)N2CCN(c3ncccn3)CC2)cc(N2CCC(C)CC2)n1. The monoisotopic (exact) mass is 381 g/mol. The third-order valence-electron chi connectivity index (χ3n) is 5.55. The summed E-state index contributed by atoms with van der Waals surface area (Å²) in [5.41, 5.74) is 0.491. The minimum Gasteiger partial charge on any atom is -0.356 e. The molecule has 2 aromatic rings. The van der Waals surface area contributed by atoms with Crippen molar-refractivity contribution in [2.75, 3.05) is 49.1 Å². The van der Waals surface area contributed by atoms with E-state index in [4.69, 9.17) is 0 Å². The fourth-order valence-corrected chi connectivity index (χ4v) is 3.79. The summed E-state index contributed by atoms with van der Waals surface area (Å²) in [7, 11) is 0. The van der Waals surface area contributed by atoms with E-state index in [0.29, 0.717) is 30.6 Å². The molecule has 2 fully saturated rings. The van der Waals surface area contributed by atoms with Crippen molar-refractivity contribution in [3.05, 3.63) is 36.0 Å².